The minimum Gasteiger partial charge on any atom is -0.368 e. The van der Waals surface area contributed by atoms with Crippen molar-refractivity contribution in [2.24, 2.45) is 0 Å². The molecular formula is C13H19ClN2OS. The van der Waals surface area contributed by atoms with Crippen LogP contribution >= 0.6 is 11.6 Å². The fraction of sp³-hybridized carbons (Fsp3) is 0.538. The molecule has 1 fully saturated rings. The zero-order valence-electron chi connectivity index (χ0n) is 10.8. The van der Waals surface area contributed by atoms with E-state index in [-0.39, 0.29) is 0 Å². The molecule has 1 aliphatic heterocycles. The van der Waals surface area contributed by atoms with Crippen LogP contribution in [-0.4, -0.2) is 35.9 Å². The maximum atomic E-state index is 11.4. The normalized spacial score (nSPS) is 18.9. The van der Waals surface area contributed by atoms with E-state index >= 15 is 0 Å². The van der Waals surface area contributed by atoms with Crippen LogP contribution in [0, 0.1) is 0 Å². The second-order valence-electron chi connectivity index (χ2n) is 4.56. The van der Waals surface area contributed by atoms with Crippen LogP contribution in [0.2, 0.25) is 5.02 Å². The van der Waals surface area contributed by atoms with Gasteiger partial charge in [-0.05, 0) is 31.7 Å². The Morgan fingerprint density at radius 1 is 1.39 bits per heavy atom. The SMILES string of the molecule is CNC(C)c1ccc(N2CCS(=O)CC2)c(Cl)c1. The first-order valence-corrected chi connectivity index (χ1v) is 8.05. The number of rotatable bonds is 3. The van der Waals surface area contributed by atoms with Gasteiger partial charge in [0.25, 0.3) is 0 Å². The zero-order valence-corrected chi connectivity index (χ0v) is 12.4. The number of nitrogens with zero attached hydrogens (tertiary/aromatic N) is 1. The maximum absolute atomic E-state index is 11.4. The molecule has 0 amide bonds. The first-order valence-electron chi connectivity index (χ1n) is 6.18. The van der Waals surface area contributed by atoms with Gasteiger partial charge >= 0.3 is 0 Å². The molecule has 0 saturated carbocycles. The third-order valence-corrected chi connectivity index (χ3v) is 5.00. The number of nitrogens with one attached hydrogen (secondary N) is 1. The predicted octanol–water partition coefficient (Wildman–Crippen LogP) is 2.19. The molecule has 5 heteroatoms. The van der Waals surface area contributed by atoms with E-state index in [9.17, 15) is 4.21 Å². The van der Waals surface area contributed by atoms with E-state index in [1.807, 2.05) is 13.1 Å². The van der Waals surface area contributed by atoms with Crippen molar-refractivity contribution in [3.63, 3.8) is 0 Å². The van der Waals surface area contributed by atoms with Crippen molar-refractivity contribution in [1.29, 1.82) is 0 Å². The Labute approximate surface area is 116 Å². The van der Waals surface area contributed by atoms with E-state index in [0.29, 0.717) is 6.04 Å². The number of benzene rings is 1. The fourth-order valence-corrected chi connectivity index (χ4v) is 3.46. The lowest BCUT2D eigenvalue weighted by molar-refractivity contribution is 0.652. The van der Waals surface area contributed by atoms with Crippen LogP contribution < -0.4 is 10.2 Å². The van der Waals surface area contributed by atoms with Crippen LogP contribution in [0.4, 0.5) is 5.69 Å². The summed E-state index contributed by atoms with van der Waals surface area (Å²) in [7, 11) is 1.29. The maximum Gasteiger partial charge on any atom is 0.0642 e. The summed E-state index contributed by atoms with van der Waals surface area (Å²) in [6.07, 6.45) is 0. The van der Waals surface area contributed by atoms with E-state index in [2.05, 4.69) is 29.3 Å². The minimum absolute atomic E-state index is 0.297. The van der Waals surface area contributed by atoms with Gasteiger partial charge in [0.2, 0.25) is 0 Å². The molecule has 0 radical (unpaired) electrons. The molecule has 1 unspecified atom stereocenters. The van der Waals surface area contributed by atoms with Crippen molar-refractivity contribution < 1.29 is 4.21 Å². The van der Waals surface area contributed by atoms with Gasteiger partial charge < -0.3 is 10.2 Å². The highest BCUT2D eigenvalue weighted by Gasteiger charge is 2.18. The summed E-state index contributed by atoms with van der Waals surface area (Å²) in [5.74, 6) is 1.48. The van der Waals surface area contributed by atoms with Crippen LogP contribution in [-0.2, 0) is 10.8 Å². The second kappa shape index (κ2) is 6.04. The predicted molar refractivity (Wildman–Crippen MR) is 79.0 cm³/mol. The van der Waals surface area contributed by atoms with E-state index in [1.54, 1.807) is 0 Å². The topological polar surface area (TPSA) is 32.3 Å². The molecule has 2 rings (SSSR count). The molecule has 0 bridgehead atoms. The summed E-state index contributed by atoms with van der Waals surface area (Å²) in [6.45, 7) is 3.76. The van der Waals surface area contributed by atoms with Crippen LogP contribution in [0.15, 0.2) is 18.2 Å². The number of hydrogen-bond donors (Lipinski definition) is 1. The largest absolute Gasteiger partial charge is 0.368 e. The van der Waals surface area contributed by atoms with Gasteiger partial charge in [-0.3, -0.25) is 4.21 Å². The van der Waals surface area contributed by atoms with Gasteiger partial charge in [-0.15, -0.1) is 0 Å². The van der Waals surface area contributed by atoms with Crippen LogP contribution in [0.1, 0.15) is 18.5 Å². The summed E-state index contributed by atoms with van der Waals surface area (Å²) in [6, 6.07) is 6.49. The molecule has 1 aromatic rings. The fourth-order valence-electron chi connectivity index (χ4n) is 2.09. The third kappa shape index (κ3) is 3.05. The molecule has 0 spiro atoms. The lowest BCUT2D eigenvalue weighted by Crippen LogP contribution is -2.37. The summed E-state index contributed by atoms with van der Waals surface area (Å²) in [5.41, 5.74) is 2.24. The molecule has 1 aliphatic rings. The Balaban J connectivity index is 2.17. The molecule has 1 aromatic carbocycles. The van der Waals surface area contributed by atoms with E-state index < -0.39 is 10.8 Å². The Kier molecular flexibility index (Phi) is 4.65. The van der Waals surface area contributed by atoms with E-state index in [1.165, 1.54) is 5.56 Å². The van der Waals surface area contributed by atoms with Gasteiger partial charge in [0.05, 0.1) is 10.7 Å². The Hall–Kier alpha value is -0.580. The van der Waals surface area contributed by atoms with Crippen LogP contribution in [0.25, 0.3) is 0 Å². The molecule has 18 heavy (non-hydrogen) atoms. The Bertz CT molecular complexity index is 443. The first kappa shape index (κ1) is 13.8. The van der Waals surface area contributed by atoms with Crippen LogP contribution in [0.5, 0.6) is 0 Å². The van der Waals surface area contributed by atoms with Gasteiger partial charge in [-0.1, -0.05) is 17.7 Å². The Morgan fingerprint density at radius 3 is 2.61 bits per heavy atom. The molecule has 1 saturated heterocycles. The summed E-state index contributed by atoms with van der Waals surface area (Å²) < 4.78 is 11.4. The number of halogens is 1. The minimum atomic E-state index is -0.649. The molecule has 0 aromatic heterocycles. The third-order valence-electron chi connectivity index (χ3n) is 3.42. The monoisotopic (exact) mass is 286 g/mol. The van der Waals surface area contributed by atoms with E-state index in [0.717, 1.165) is 35.3 Å². The van der Waals surface area contributed by atoms with Gasteiger partial charge in [-0.25, -0.2) is 0 Å². The molecule has 100 valence electrons. The zero-order chi connectivity index (χ0) is 13.1. The van der Waals surface area contributed by atoms with Crippen molar-refractivity contribution in [1.82, 2.24) is 5.32 Å². The van der Waals surface area contributed by atoms with Gasteiger partial charge in [0, 0.05) is 41.4 Å². The molecular weight excluding hydrogens is 268 g/mol. The van der Waals surface area contributed by atoms with E-state index in [4.69, 9.17) is 11.6 Å². The lowest BCUT2D eigenvalue weighted by Gasteiger charge is -2.29. The second-order valence-corrected chi connectivity index (χ2v) is 6.66. The summed E-state index contributed by atoms with van der Waals surface area (Å²) in [5, 5.41) is 3.98. The standard InChI is InChI=1S/C13H19ClN2OS/c1-10(15-2)11-3-4-13(12(14)9-11)16-5-7-18(17)8-6-16/h3-4,9-10,15H,5-8H2,1-2H3. The summed E-state index contributed by atoms with van der Waals surface area (Å²) >= 11 is 6.35. The lowest BCUT2D eigenvalue weighted by atomic mass is 10.1. The smallest absolute Gasteiger partial charge is 0.0642 e. The quantitative estimate of drug-likeness (QED) is 0.924. The van der Waals surface area contributed by atoms with Gasteiger partial charge in [0.1, 0.15) is 0 Å². The number of hydrogen-bond acceptors (Lipinski definition) is 3. The van der Waals surface area contributed by atoms with Crippen LogP contribution in [0.3, 0.4) is 0 Å². The van der Waals surface area contributed by atoms with Crippen molar-refractivity contribution in [2.75, 3.05) is 36.5 Å². The molecule has 1 heterocycles. The van der Waals surface area contributed by atoms with Crippen molar-refractivity contribution in [3.8, 4) is 0 Å². The molecule has 3 nitrogen and oxygen atoms in total. The molecule has 1 atom stereocenters. The van der Waals surface area contributed by atoms with Gasteiger partial charge in [-0.2, -0.15) is 0 Å². The molecule has 0 aliphatic carbocycles. The highest BCUT2D eigenvalue weighted by Crippen LogP contribution is 2.29. The number of anilines is 1. The average molecular weight is 287 g/mol. The highest BCUT2D eigenvalue weighted by molar-refractivity contribution is 7.85. The first-order chi connectivity index (χ1) is 8.61. The van der Waals surface area contributed by atoms with Crippen molar-refractivity contribution >= 4 is 28.1 Å². The summed E-state index contributed by atoms with van der Waals surface area (Å²) in [4.78, 5) is 2.22. The Morgan fingerprint density at radius 2 is 2.06 bits per heavy atom. The van der Waals surface area contributed by atoms with Crippen molar-refractivity contribution in [2.45, 2.75) is 13.0 Å². The highest BCUT2D eigenvalue weighted by atomic mass is 35.5. The van der Waals surface area contributed by atoms with Crippen molar-refractivity contribution in [3.05, 3.63) is 28.8 Å². The molecule has 1 N–H and O–H groups in total. The van der Waals surface area contributed by atoms with Gasteiger partial charge in [0.15, 0.2) is 0 Å². The average Bonchev–Trinajstić information content (AvgIpc) is 2.39.